The molecule has 30 heavy (non-hydrogen) atoms. The summed E-state index contributed by atoms with van der Waals surface area (Å²) < 4.78 is 13.3. The van der Waals surface area contributed by atoms with Crippen LogP contribution in [0, 0.1) is 27.7 Å². The molecular weight excluding hydrogens is 372 g/mol. The zero-order chi connectivity index (χ0) is 21.4. The molecule has 156 valence electrons. The maximum Gasteiger partial charge on any atom is 0.0805 e. The van der Waals surface area contributed by atoms with Gasteiger partial charge in [-0.25, -0.2) is 0 Å². The van der Waals surface area contributed by atoms with E-state index in [2.05, 4.69) is 74.9 Å². The highest BCUT2D eigenvalue weighted by Gasteiger charge is 2.19. The van der Waals surface area contributed by atoms with E-state index in [4.69, 9.17) is 14.5 Å². The molecule has 4 rings (SSSR count). The van der Waals surface area contributed by atoms with E-state index in [9.17, 15) is 0 Å². The summed E-state index contributed by atoms with van der Waals surface area (Å²) in [6.45, 7) is 9.81. The molecule has 2 heterocycles. The van der Waals surface area contributed by atoms with Crippen molar-refractivity contribution < 1.29 is 9.47 Å². The van der Waals surface area contributed by atoms with Gasteiger partial charge in [0.1, 0.15) is 0 Å². The van der Waals surface area contributed by atoms with Gasteiger partial charge in [0.15, 0.2) is 0 Å². The number of para-hydroxylation sites is 1. The first-order chi connectivity index (χ1) is 14.5. The van der Waals surface area contributed by atoms with Crippen LogP contribution < -0.4 is 0 Å². The number of nitrogens with zero attached hydrogens (tertiary/aromatic N) is 2. The summed E-state index contributed by atoms with van der Waals surface area (Å²) in [7, 11) is 3.47. The second-order valence-electron chi connectivity index (χ2n) is 8.22. The van der Waals surface area contributed by atoms with Gasteiger partial charge in [0, 0.05) is 42.4 Å². The van der Waals surface area contributed by atoms with Crippen molar-refractivity contribution in [2.45, 2.75) is 33.7 Å². The second-order valence-corrected chi connectivity index (χ2v) is 8.22. The van der Waals surface area contributed by atoms with Crippen molar-refractivity contribution >= 4 is 21.8 Å². The normalized spacial score (nSPS) is 11.8. The summed E-state index contributed by atoms with van der Waals surface area (Å²) in [6, 6.07) is 13.3. The Morgan fingerprint density at radius 1 is 0.900 bits per heavy atom. The molecule has 0 unspecified atom stereocenters. The molecule has 0 saturated carbocycles. The Morgan fingerprint density at radius 3 is 2.20 bits per heavy atom. The number of aromatic nitrogens is 2. The Labute approximate surface area is 178 Å². The van der Waals surface area contributed by atoms with Gasteiger partial charge in [-0.3, -0.25) is 4.98 Å². The van der Waals surface area contributed by atoms with Crippen LogP contribution >= 0.6 is 0 Å². The minimum Gasteiger partial charge on any atom is -0.382 e. The van der Waals surface area contributed by atoms with Crippen LogP contribution in [0.4, 0.5) is 0 Å². The highest BCUT2D eigenvalue weighted by molar-refractivity contribution is 6.10. The Hall–Kier alpha value is -2.69. The topological polar surface area (TPSA) is 36.3 Å². The predicted molar refractivity (Wildman–Crippen MR) is 124 cm³/mol. The third-order valence-corrected chi connectivity index (χ3v) is 5.93. The maximum absolute atomic E-state index is 5.49. The molecule has 0 saturated heterocycles. The van der Waals surface area contributed by atoms with E-state index in [-0.39, 0.29) is 6.04 Å². The molecule has 4 nitrogen and oxygen atoms in total. The number of methoxy groups -OCH3 is 2. The van der Waals surface area contributed by atoms with Gasteiger partial charge in [-0.05, 0) is 50.5 Å². The molecule has 0 aliphatic carbocycles. The van der Waals surface area contributed by atoms with Crippen molar-refractivity contribution in [2.75, 3.05) is 27.4 Å². The lowest BCUT2D eigenvalue weighted by Gasteiger charge is -2.20. The van der Waals surface area contributed by atoms with E-state index in [0.29, 0.717) is 13.2 Å². The molecule has 4 aromatic rings. The molecule has 0 fully saturated rings. The Morgan fingerprint density at radius 2 is 1.57 bits per heavy atom. The summed E-state index contributed by atoms with van der Waals surface area (Å²) in [6.07, 6.45) is 2.14. The summed E-state index contributed by atoms with van der Waals surface area (Å²) in [4.78, 5) is 5.07. The molecule has 0 aliphatic rings. The summed E-state index contributed by atoms with van der Waals surface area (Å²) >= 11 is 0. The minimum absolute atomic E-state index is 0.106. The van der Waals surface area contributed by atoms with Crippen molar-refractivity contribution in [2.24, 2.45) is 0 Å². The molecule has 0 N–H and O–H groups in total. The monoisotopic (exact) mass is 402 g/mol. The maximum atomic E-state index is 5.49. The number of aryl methyl sites for hydroxylation is 4. The van der Waals surface area contributed by atoms with Crippen LogP contribution in [0.15, 0.2) is 42.6 Å². The first-order valence-electron chi connectivity index (χ1n) is 10.4. The van der Waals surface area contributed by atoms with Gasteiger partial charge in [0.2, 0.25) is 0 Å². The van der Waals surface area contributed by atoms with Crippen LogP contribution in [0.1, 0.15) is 28.4 Å². The Bertz CT molecular complexity index is 1190. The van der Waals surface area contributed by atoms with Gasteiger partial charge in [0.05, 0.1) is 30.3 Å². The molecule has 0 atom stereocenters. The lowest BCUT2D eigenvalue weighted by atomic mass is 9.92. The summed E-state index contributed by atoms with van der Waals surface area (Å²) in [5.41, 5.74) is 9.61. The van der Waals surface area contributed by atoms with Crippen molar-refractivity contribution in [3.63, 3.8) is 0 Å². The van der Waals surface area contributed by atoms with E-state index < -0.39 is 0 Å². The molecule has 2 aromatic carbocycles. The van der Waals surface area contributed by atoms with Gasteiger partial charge >= 0.3 is 0 Å². The molecule has 0 aliphatic heterocycles. The molecule has 0 radical (unpaired) electrons. The number of hydrogen-bond donors (Lipinski definition) is 0. The van der Waals surface area contributed by atoms with Crippen LogP contribution in [-0.4, -0.2) is 37.0 Å². The predicted octanol–water partition coefficient (Wildman–Crippen LogP) is 5.92. The third kappa shape index (κ3) is 3.40. The van der Waals surface area contributed by atoms with Crippen LogP contribution in [0.2, 0.25) is 0 Å². The highest BCUT2D eigenvalue weighted by atomic mass is 16.5. The van der Waals surface area contributed by atoms with E-state index >= 15 is 0 Å². The Kier molecular flexibility index (Phi) is 5.63. The fourth-order valence-corrected chi connectivity index (χ4v) is 4.81. The highest BCUT2D eigenvalue weighted by Crippen LogP contribution is 2.37. The van der Waals surface area contributed by atoms with E-state index in [1.54, 1.807) is 14.2 Å². The molecule has 0 amide bonds. The molecule has 2 aromatic heterocycles. The Balaban J connectivity index is 2.05. The third-order valence-electron chi connectivity index (χ3n) is 5.93. The lowest BCUT2D eigenvalue weighted by Crippen LogP contribution is -2.19. The molecule has 0 spiro atoms. The van der Waals surface area contributed by atoms with Crippen molar-refractivity contribution in [3.8, 4) is 11.1 Å². The number of benzene rings is 2. The SMILES string of the molecule is COCC(COC)n1ccc2c(C)nc3c(-c4c(C)cc(C)cc4C)cccc3c21. The number of rotatable bonds is 6. The van der Waals surface area contributed by atoms with E-state index in [1.807, 2.05) is 0 Å². The minimum atomic E-state index is 0.106. The first kappa shape index (κ1) is 20.6. The van der Waals surface area contributed by atoms with Crippen molar-refractivity contribution in [1.82, 2.24) is 9.55 Å². The smallest absolute Gasteiger partial charge is 0.0805 e. The van der Waals surface area contributed by atoms with E-state index in [0.717, 1.165) is 16.6 Å². The van der Waals surface area contributed by atoms with Gasteiger partial charge < -0.3 is 14.0 Å². The zero-order valence-corrected chi connectivity index (χ0v) is 18.7. The molecule has 0 bridgehead atoms. The van der Waals surface area contributed by atoms with Gasteiger partial charge in [-0.15, -0.1) is 0 Å². The number of ether oxygens (including phenoxy) is 2. The first-order valence-corrected chi connectivity index (χ1v) is 10.4. The van der Waals surface area contributed by atoms with Crippen LogP contribution in [0.5, 0.6) is 0 Å². The zero-order valence-electron chi connectivity index (χ0n) is 18.7. The van der Waals surface area contributed by atoms with Crippen molar-refractivity contribution in [3.05, 3.63) is 65.0 Å². The average Bonchev–Trinajstić information content (AvgIpc) is 3.14. The van der Waals surface area contributed by atoms with Gasteiger partial charge in [-0.2, -0.15) is 0 Å². The van der Waals surface area contributed by atoms with Crippen LogP contribution in [0.25, 0.3) is 32.9 Å². The standard InChI is InChI=1S/C26H30N2O2/c1-16-12-17(2)24(18(3)13-16)22-8-7-9-23-25(22)27-19(4)21-10-11-28(26(21)23)20(14-29-5)15-30-6/h7-13,20H,14-15H2,1-6H3. The van der Waals surface area contributed by atoms with Crippen LogP contribution in [0.3, 0.4) is 0 Å². The summed E-state index contributed by atoms with van der Waals surface area (Å²) in [5, 5.41) is 2.34. The summed E-state index contributed by atoms with van der Waals surface area (Å²) in [5.74, 6) is 0. The number of pyridine rings is 1. The van der Waals surface area contributed by atoms with Gasteiger partial charge in [-0.1, -0.05) is 35.9 Å². The number of fused-ring (bicyclic) bond motifs is 3. The van der Waals surface area contributed by atoms with Crippen molar-refractivity contribution in [1.29, 1.82) is 0 Å². The van der Waals surface area contributed by atoms with E-state index in [1.165, 1.54) is 38.7 Å². The molecular formula is C26H30N2O2. The average molecular weight is 403 g/mol. The second kappa shape index (κ2) is 8.21. The fraction of sp³-hybridized carbons (Fsp3) is 0.346. The number of hydrogen-bond acceptors (Lipinski definition) is 3. The fourth-order valence-electron chi connectivity index (χ4n) is 4.81. The quantitative estimate of drug-likeness (QED) is 0.401. The van der Waals surface area contributed by atoms with Crippen LogP contribution in [-0.2, 0) is 9.47 Å². The lowest BCUT2D eigenvalue weighted by molar-refractivity contribution is 0.0915. The largest absolute Gasteiger partial charge is 0.382 e. The van der Waals surface area contributed by atoms with Gasteiger partial charge in [0.25, 0.3) is 0 Å². The molecule has 4 heteroatoms.